The number of ether oxygens (including phenoxy) is 1. The number of carbonyl (C=O) groups excluding carboxylic acids is 2. The predicted molar refractivity (Wildman–Crippen MR) is 342 cm³/mol. The third kappa shape index (κ3) is 60.4. The van der Waals surface area contributed by atoms with E-state index in [1.807, 2.05) is 33.3 Å². The molecule has 0 saturated carbocycles. The minimum atomic E-state index is -4.45. The van der Waals surface area contributed by atoms with E-state index in [4.69, 9.17) is 13.8 Å². The molecule has 9 nitrogen and oxygen atoms in total. The average Bonchev–Trinajstić information content (AvgIpc) is 3.41. The van der Waals surface area contributed by atoms with Crippen LogP contribution in [0.3, 0.4) is 0 Å². The van der Waals surface area contributed by atoms with Crippen LogP contribution in [0.5, 0.6) is 0 Å². The Labute approximate surface area is 490 Å². The lowest BCUT2D eigenvalue weighted by molar-refractivity contribution is -0.870. The lowest BCUT2D eigenvalue weighted by Gasteiger charge is -2.27. The fourth-order valence-electron chi connectivity index (χ4n) is 9.97. The number of rotatable bonds is 62. The molecule has 0 fully saturated rings. The second kappa shape index (κ2) is 59.1. The summed E-state index contributed by atoms with van der Waals surface area (Å²) in [5.41, 5.74) is 0. The first-order valence-electron chi connectivity index (χ1n) is 34.0. The summed E-state index contributed by atoms with van der Waals surface area (Å²) < 4.78 is 30.8. The molecule has 0 aliphatic rings. The molecule has 1 amide bonds. The monoisotopic (exact) mass is 1130 g/mol. The summed E-state index contributed by atoms with van der Waals surface area (Å²) in [6.45, 7) is 7.02. The maximum atomic E-state index is 13.6. The fraction of sp³-hybridized carbons (Fsp3) is 0.855. The number of quaternary nitrogens is 1. The Morgan fingerprint density at radius 2 is 0.772 bits per heavy atom. The molecule has 464 valence electrons. The van der Waals surface area contributed by atoms with Gasteiger partial charge in [-0.3, -0.25) is 18.6 Å². The summed E-state index contributed by atoms with van der Waals surface area (Å²) >= 11 is 0. The number of phosphoric acid groups is 1. The predicted octanol–water partition coefficient (Wildman–Crippen LogP) is 21.2. The van der Waals surface area contributed by atoms with Gasteiger partial charge in [0.15, 0.2) is 0 Å². The van der Waals surface area contributed by atoms with Crippen molar-refractivity contribution in [3.8, 4) is 0 Å². The van der Waals surface area contributed by atoms with Crippen LogP contribution >= 0.6 is 7.82 Å². The first kappa shape index (κ1) is 77.0. The van der Waals surface area contributed by atoms with Gasteiger partial charge >= 0.3 is 13.8 Å². The second-order valence-electron chi connectivity index (χ2n) is 24.3. The molecule has 0 rings (SSSR count). The molecule has 0 aliphatic carbocycles. The highest BCUT2D eigenvalue weighted by molar-refractivity contribution is 7.47. The van der Waals surface area contributed by atoms with Gasteiger partial charge in [0.05, 0.1) is 33.8 Å². The number of unbranched alkanes of at least 4 members (excludes halogenated alkanes) is 40. The number of carbonyl (C=O) groups is 2. The number of likely N-dealkylation sites (N-methyl/N-ethyl adjacent to an activating group) is 1. The first-order chi connectivity index (χ1) is 38.4. The molecular weight excluding hydrogens is 1000 g/mol. The number of nitrogens with one attached hydrogen (secondary N) is 1. The zero-order chi connectivity index (χ0) is 57.9. The van der Waals surface area contributed by atoms with Gasteiger partial charge in [-0.1, -0.05) is 275 Å². The summed E-state index contributed by atoms with van der Waals surface area (Å²) in [6.07, 6.45) is 74.0. The van der Waals surface area contributed by atoms with Crippen LogP contribution in [-0.2, 0) is 27.9 Å². The molecule has 3 unspecified atom stereocenters. The molecule has 0 aromatic heterocycles. The van der Waals surface area contributed by atoms with Crippen molar-refractivity contribution < 1.29 is 37.3 Å². The van der Waals surface area contributed by atoms with Crippen LogP contribution in [0.1, 0.15) is 329 Å². The molecule has 0 saturated heterocycles. The van der Waals surface area contributed by atoms with E-state index >= 15 is 0 Å². The molecule has 0 bridgehead atoms. The highest BCUT2D eigenvalue weighted by atomic mass is 31.2. The molecule has 0 aliphatic heterocycles. The number of nitrogens with zero attached hydrogens (tertiary/aromatic N) is 1. The summed E-state index contributed by atoms with van der Waals surface area (Å²) in [5, 5.41) is 3.06. The van der Waals surface area contributed by atoms with Crippen LogP contribution in [0, 0.1) is 0 Å². The zero-order valence-electron chi connectivity index (χ0n) is 53.1. The van der Waals surface area contributed by atoms with Gasteiger partial charge in [-0.25, -0.2) is 4.57 Å². The number of esters is 1. The van der Waals surface area contributed by atoms with Crippen LogP contribution in [0.4, 0.5) is 0 Å². The minimum absolute atomic E-state index is 0.0394. The molecule has 0 spiro atoms. The number of amides is 1. The Balaban J connectivity index is 5.15. The van der Waals surface area contributed by atoms with Crippen molar-refractivity contribution in [2.75, 3.05) is 40.9 Å². The van der Waals surface area contributed by atoms with Gasteiger partial charge < -0.3 is 19.4 Å². The maximum Gasteiger partial charge on any atom is 0.472 e. The molecule has 0 radical (unpaired) electrons. The van der Waals surface area contributed by atoms with E-state index in [-0.39, 0.29) is 25.1 Å². The van der Waals surface area contributed by atoms with E-state index in [9.17, 15) is 19.0 Å². The van der Waals surface area contributed by atoms with E-state index in [0.717, 1.165) is 77.0 Å². The van der Waals surface area contributed by atoms with Crippen molar-refractivity contribution in [1.82, 2.24) is 5.32 Å². The summed E-state index contributed by atoms with van der Waals surface area (Å²) in [5.74, 6) is -0.501. The van der Waals surface area contributed by atoms with Crippen molar-refractivity contribution in [3.63, 3.8) is 0 Å². The van der Waals surface area contributed by atoms with E-state index < -0.39 is 20.0 Å². The number of phosphoric ester groups is 1. The zero-order valence-corrected chi connectivity index (χ0v) is 54.0. The van der Waals surface area contributed by atoms with Crippen molar-refractivity contribution in [2.45, 2.75) is 341 Å². The third-order valence-electron chi connectivity index (χ3n) is 15.2. The largest absolute Gasteiger partial charge is 0.472 e. The van der Waals surface area contributed by atoms with Gasteiger partial charge in [0, 0.05) is 12.8 Å². The van der Waals surface area contributed by atoms with Gasteiger partial charge in [-0.05, 0) is 89.5 Å². The molecule has 79 heavy (non-hydrogen) atoms. The summed E-state index contributed by atoms with van der Waals surface area (Å²) in [7, 11) is 1.50. The normalized spacial score (nSPS) is 13.9. The molecule has 0 heterocycles. The summed E-state index contributed by atoms with van der Waals surface area (Å²) in [4.78, 5) is 37.8. The minimum Gasteiger partial charge on any atom is -0.456 e. The van der Waals surface area contributed by atoms with Crippen molar-refractivity contribution >= 4 is 19.7 Å². The first-order valence-corrected chi connectivity index (χ1v) is 35.5. The van der Waals surface area contributed by atoms with Crippen LogP contribution in [0.2, 0.25) is 0 Å². The van der Waals surface area contributed by atoms with E-state index in [2.05, 4.69) is 62.5 Å². The number of hydrogen-bond acceptors (Lipinski definition) is 6. The van der Waals surface area contributed by atoms with Gasteiger partial charge in [0.25, 0.3) is 0 Å². The number of allylic oxidation sites excluding steroid dienone is 7. The molecule has 10 heteroatoms. The lowest BCUT2D eigenvalue weighted by Crippen LogP contribution is -2.47. The van der Waals surface area contributed by atoms with Crippen LogP contribution in [0.25, 0.3) is 0 Å². The van der Waals surface area contributed by atoms with Crippen LogP contribution in [-0.4, -0.2) is 74.3 Å². The quantitative estimate of drug-likeness (QED) is 0.0205. The highest BCUT2D eigenvalue weighted by Crippen LogP contribution is 2.43. The topological polar surface area (TPSA) is 111 Å². The average molecular weight is 1130 g/mol. The molecule has 0 aromatic carbocycles. The SMILES string of the molecule is CCCCC/C=C\C/C=C\CCCCCCCCCC(=O)NC(COP(=O)(O)OCC[N+](C)(C)C)C(/C=C\CCCCCCCCCCCCC)OC(=O)CCCCCCCCCCCCCCC/C=C/CCCCCCCC. The standard InChI is InChI=1S/C69H131N2O7P/c1-7-10-13-16-19-22-25-28-30-32-33-34-35-36-37-39-41-44-47-50-53-56-59-62-69(73)78-67(60-57-54-51-48-45-42-27-24-21-18-15-12-9-3)66(65-77-79(74,75)76-64-63-71(4,5)6)70-68(72)61-58-55-52-49-46-43-40-38-31-29-26-23-20-17-14-11-8-2/h20,23,28-31,57,60,66-67H,7-19,21-22,24-27,32-56,58-59,61-65H2,1-6H3,(H-,70,72,74,75)/p+1/b23-20-,30-28+,31-29-,60-57-. The van der Waals surface area contributed by atoms with Crippen LogP contribution < -0.4 is 5.32 Å². The van der Waals surface area contributed by atoms with Crippen molar-refractivity contribution in [3.05, 3.63) is 48.6 Å². The van der Waals surface area contributed by atoms with E-state index in [1.54, 1.807) is 0 Å². The van der Waals surface area contributed by atoms with Crippen molar-refractivity contribution in [1.29, 1.82) is 0 Å². The number of hydrogen-bond donors (Lipinski definition) is 2. The molecule has 2 N–H and O–H groups in total. The Morgan fingerprint density at radius 1 is 0.443 bits per heavy atom. The highest BCUT2D eigenvalue weighted by Gasteiger charge is 2.30. The molecule has 0 aromatic rings. The third-order valence-corrected chi connectivity index (χ3v) is 16.2. The maximum absolute atomic E-state index is 13.6. The van der Waals surface area contributed by atoms with Gasteiger partial charge in [-0.15, -0.1) is 0 Å². The smallest absolute Gasteiger partial charge is 0.456 e. The van der Waals surface area contributed by atoms with Gasteiger partial charge in [-0.2, -0.15) is 0 Å². The van der Waals surface area contributed by atoms with E-state index in [0.29, 0.717) is 23.9 Å². The Bertz CT molecular complexity index is 1490. The summed E-state index contributed by atoms with van der Waals surface area (Å²) in [6, 6.07) is -0.852. The lowest BCUT2D eigenvalue weighted by atomic mass is 10.0. The van der Waals surface area contributed by atoms with Crippen molar-refractivity contribution in [2.24, 2.45) is 0 Å². The Morgan fingerprint density at radius 3 is 1.18 bits per heavy atom. The van der Waals surface area contributed by atoms with Crippen LogP contribution in [0.15, 0.2) is 48.6 Å². The second-order valence-corrected chi connectivity index (χ2v) is 25.8. The van der Waals surface area contributed by atoms with Gasteiger partial charge in [0.2, 0.25) is 5.91 Å². The molecule has 3 atom stereocenters. The van der Waals surface area contributed by atoms with Gasteiger partial charge in [0.1, 0.15) is 19.3 Å². The fourth-order valence-corrected chi connectivity index (χ4v) is 10.7. The Hall–Kier alpha value is -2.03. The molecular formula is C69H132N2O7P+. The Kier molecular flexibility index (Phi) is 57.6. The van der Waals surface area contributed by atoms with E-state index in [1.165, 1.54) is 218 Å².